The lowest BCUT2D eigenvalue weighted by Gasteiger charge is -2.32. The highest BCUT2D eigenvalue weighted by atomic mass is 32.2. The van der Waals surface area contributed by atoms with Crippen LogP contribution < -0.4 is 4.74 Å². The van der Waals surface area contributed by atoms with E-state index in [4.69, 9.17) is 4.74 Å². The molecule has 1 atom stereocenters. The molecule has 0 amide bonds. The Morgan fingerprint density at radius 2 is 1.87 bits per heavy atom. The first-order valence-corrected chi connectivity index (χ1v) is 11.9. The van der Waals surface area contributed by atoms with E-state index >= 15 is 0 Å². The van der Waals surface area contributed by atoms with Crippen molar-refractivity contribution in [2.75, 3.05) is 26.0 Å². The molecule has 8 nitrogen and oxygen atoms in total. The van der Waals surface area contributed by atoms with Crippen LogP contribution in [0.3, 0.4) is 0 Å². The predicted molar refractivity (Wildman–Crippen MR) is 112 cm³/mol. The van der Waals surface area contributed by atoms with Gasteiger partial charge in [-0.2, -0.15) is 4.68 Å². The van der Waals surface area contributed by atoms with Crippen LogP contribution >= 0.6 is 0 Å². The van der Waals surface area contributed by atoms with Crippen molar-refractivity contribution in [1.82, 2.24) is 25.1 Å². The lowest BCUT2D eigenvalue weighted by atomic mass is 9.99. The molecule has 2 aromatic carbocycles. The summed E-state index contributed by atoms with van der Waals surface area (Å²) in [6.07, 6.45) is 3.44. The van der Waals surface area contributed by atoms with E-state index < -0.39 is 9.84 Å². The van der Waals surface area contributed by atoms with Crippen molar-refractivity contribution in [1.29, 1.82) is 0 Å². The first-order valence-electron chi connectivity index (χ1n) is 9.97. The van der Waals surface area contributed by atoms with Crippen LogP contribution in [0.5, 0.6) is 5.75 Å². The lowest BCUT2D eigenvalue weighted by Crippen LogP contribution is -2.37. The summed E-state index contributed by atoms with van der Waals surface area (Å²) in [6, 6.07) is 16.5. The highest BCUT2D eigenvalue weighted by Crippen LogP contribution is 2.21. The van der Waals surface area contributed by atoms with Crippen molar-refractivity contribution < 1.29 is 13.2 Å². The summed E-state index contributed by atoms with van der Waals surface area (Å²) < 4.78 is 30.9. The van der Waals surface area contributed by atoms with Gasteiger partial charge in [-0.15, -0.1) is 5.10 Å². The van der Waals surface area contributed by atoms with Gasteiger partial charge in [-0.05, 0) is 66.2 Å². The zero-order valence-corrected chi connectivity index (χ0v) is 17.7. The lowest BCUT2D eigenvalue weighted by molar-refractivity contribution is 0.122. The van der Waals surface area contributed by atoms with Gasteiger partial charge in [0, 0.05) is 18.7 Å². The summed E-state index contributed by atoms with van der Waals surface area (Å²) >= 11 is 0. The van der Waals surface area contributed by atoms with Crippen LogP contribution in [-0.2, 0) is 16.4 Å². The van der Waals surface area contributed by atoms with Crippen molar-refractivity contribution >= 4 is 9.84 Å². The molecule has 9 heteroatoms. The number of nitrogens with zero attached hydrogens (tertiary/aromatic N) is 5. The Kier molecular flexibility index (Phi) is 6.10. The Morgan fingerprint density at radius 1 is 1.10 bits per heavy atom. The Hall–Kier alpha value is -2.78. The molecule has 1 fully saturated rings. The molecule has 1 unspecified atom stereocenters. The Labute approximate surface area is 176 Å². The third-order valence-corrected chi connectivity index (χ3v) is 6.37. The molecular weight excluding hydrogens is 402 g/mol. The average molecular weight is 428 g/mol. The molecule has 0 aliphatic carbocycles. The first-order chi connectivity index (χ1) is 14.5. The minimum atomic E-state index is -3.23. The fraction of sp³-hybridized carbons (Fsp3) is 0.381. The normalized spacial score (nSPS) is 17.7. The number of benzene rings is 2. The standard InChI is InChI=1S/C21H25N5O3S/c1-30(27,28)20-11-9-18(10-12-20)26-21(22-23-24-26)15-25-13-5-6-17(14-25)16-29-19-7-3-2-4-8-19/h2-4,7-12,17H,5-6,13-16H2,1H3. The van der Waals surface area contributed by atoms with Gasteiger partial charge in [0.1, 0.15) is 5.75 Å². The van der Waals surface area contributed by atoms with E-state index in [9.17, 15) is 8.42 Å². The summed E-state index contributed by atoms with van der Waals surface area (Å²) in [5, 5.41) is 12.1. The maximum absolute atomic E-state index is 11.7. The number of sulfone groups is 1. The quantitative estimate of drug-likeness (QED) is 0.572. The molecule has 1 saturated heterocycles. The van der Waals surface area contributed by atoms with Gasteiger partial charge in [0.05, 0.1) is 23.7 Å². The molecule has 0 spiro atoms. The van der Waals surface area contributed by atoms with Gasteiger partial charge in [-0.1, -0.05) is 18.2 Å². The van der Waals surface area contributed by atoms with Crippen LogP contribution in [-0.4, -0.2) is 59.5 Å². The highest BCUT2D eigenvalue weighted by molar-refractivity contribution is 7.90. The van der Waals surface area contributed by atoms with Crippen LogP contribution in [0.15, 0.2) is 59.5 Å². The second-order valence-electron chi connectivity index (χ2n) is 7.64. The first kappa shape index (κ1) is 20.5. The highest BCUT2D eigenvalue weighted by Gasteiger charge is 2.23. The second-order valence-corrected chi connectivity index (χ2v) is 9.66. The fourth-order valence-electron chi connectivity index (χ4n) is 3.70. The number of hydrogen-bond acceptors (Lipinski definition) is 7. The van der Waals surface area contributed by atoms with Gasteiger partial charge in [-0.3, -0.25) is 4.90 Å². The van der Waals surface area contributed by atoms with Gasteiger partial charge in [0.25, 0.3) is 0 Å². The summed E-state index contributed by atoms with van der Waals surface area (Å²) in [4.78, 5) is 2.62. The van der Waals surface area contributed by atoms with E-state index in [2.05, 4.69) is 20.4 Å². The summed E-state index contributed by atoms with van der Waals surface area (Å²) in [7, 11) is -3.23. The molecule has 158 valence electrons. The fourth-order valence-corrected chi connectivity index (χ4v) is 4.33. The zero-order valence-electron chi connectivity index (χ0n) is 16.9. The van der Waals surface area contributed by atoms with Crippen LogP contribution in [0.4, 0.5) is 0 Å². The number of para-hydroxylation sites is 1. The van der Waals surface area contributed by atoms with Crippen molar-refractivity contribution in [2.24, 2.45) is 5.92 Å². The smallest absolute Gasteiger partial charge is 0.175 e. The third kappa shape index (κ3) is 5.03. The molecule has 1 aromatic heterocycles. The molecule has 4 rings (SSSR count). The molecule has 3 aromatic rings. The van der Waals surface area contributed by atoms with Crippen LogP contribution in [0.1, 0.15) is 18.7 Å². The number of aromatic nitrogens is 4. The largest absolute Gasteiger partial charge is 0.493 e. The number of rotatable bonds is 7. The van der Waals surface area contributed by atoms with E-state index in [1.54, 1.807) is 28.9 Å². The maximum atomic E-state index is 11.7. The molecule has 0 radical (unpaired) electrons. The molecule has 1 aliphatic rings. The predicted octanol–water partition coefficient (Wildman–Crippen LogP) is 2.36. The van der Waals surface area contributed by atoms with Crippen molar-refractivity contribution in [3.05, 3.63) is 60.4 Å². The second kappa shape index (κ2) is 8.93. The van der Waals surface area contributed by atoms with Crippen molar-refractivity contribution in [3.8, 4) is 11.4 Å². The molecule has 0 saturated carbocycles. The summed E-state index contributed by atoms with van der Waals surface area (Å²) in [5.74, 6) is 2.08. The number of hydrogen-bond donors (Lipinski definition) is 0. The number of likely N-dealkylation sites (tertiary alicyclic amines) is 1. The maximum Gasteiger partial charge on any atom is 0.175 e. The molecule has 0 N–H and O–H groups in total. The minimum Gasteiger partial charge on any atom is -0.493 e. The molecular formula is C21H25N5O3S. The van der Waals surface area contributed by atoms with E-state index in [1.807, 2.05) is 30.3 Å². The SMILES string of the molecule is CS(=O)(=O)c1ccc(-n2nnnc2CN2CCCC(COc3ccccc3)C2)cc1. The van der Waals surface area contributed by atoms with Crippen LogP contribution in [0.25, 0.3) is 5.69 Å². The van der Waals surface area contributed by atoms with Gasteiger partial charge >= 0.3 is 0 Å². The monoisotopic (exact) mass is 427 g/mol. The Balaban J connectivity index is 1.39. The Bertz CT molecular complexity index is 1070. The zero-order chi connectivity index (χ0) is 21.0. The number of piperidine rings is 1. The molecule has 1 aliphatic heterocycles. The number of tetrazole rings is 1. The van der Waals surface area contributed by atoms with E-state index in [1.165, 1.54) is 6.26 Å². The van der Waals surface area contributed by atoms with E-state index in [0.717, 1.165) is 43.2 Å². The van der Waals surface area contributed by atoms with Gasteiger partial charge in [0.15, 0.2) is 15.7 Å². The summed E-state index contributed by atoms with van der Waals surface area (Å²) in [5.41, 5.74) is 0.739. The molecule has 2 heterocycles. The van der Waals surface area contributed by atoms with Crippen LogP contribution in [0.2, 0.25) is 0 Å². The molecule has 0 bridgehead atoms. The van der Waals surface area contributed by atoms with E-state index in [-0.39, 0.29) is 4.90 Å². The van der Waals surface area contributed by atoms with Crippen molar-refractivity contribution in [3.63, 3.8) is 0 Å². The van der Waals surface area contributed by atoms with Gasteiger partial charge in [0.2, 0.25) is 0 Å². The number of ether oxygens (including phenoxy) is 1. The van der Waals surface area contributed by atoms with Crippen LogP contribution in [0, 0.1) is 5.92 Å². The van der Waals surface area contributed by atoms with Gasteiger partial charge < -0.3 is 4.74 Å². The summed E-state index contributed by atoms with van der Waals surface area (Å²) in [6.45, 7) is 3.23. The third-order valence-electron chi connectivity index (χ3n) is 5.24. The Morgan fingerprint density at radius 3 is 2.60 bits per heavy atom. The average Bonchev–Trinajstić information content (AvgIpc) is 3.21. The molecule has 30 heavy (non-hydrogen) atoms. The van der Waals surface area contributed by atoms with Gasteiger partial charge in [-0.25, -0.2) is 8.42 Å². The van der Waals surface area contributed by atoms with Crippen molar-refractivity contribution in [2.45, 2.75) is 24.3 Å². The minimum absolute atomic E-state index is 0.276. The van der Waals surface area contributed by atoms with E-state index in [0.29, 0.717) is 19.1 Å². The topological polar surface area (TPSA) is 90.2 Å².